The van der Waals surface area contributed by atoms with Crippen LogP contribution in [0.3, 0.4) is 0 Å². The molecule has 0 aliphatic rings. The second-order valence-corrected chi connectivity index (χ2v) is 7.70. The molecule has 0 fully saturated rings. The van der Waals surface area contributed by atoms with E-state index >= 15 is 0 Å². The van der Waals surface area contributed by atoms with Crippen molar-refractivity contribution in [1.29, 1.82) is 0 Å². The molecule has 0 spiro atoms. The minimum Gasteiger partial charge on any atom is -0.325 e. The average molecular weight is 458 g/mol. The van der Waals surface area contributed by atoms with E-state index in [9.17, 15) is 24.1 Å². The summed E-state index contributed by atoms with van der Waals surface area (Å²) in [4.78, 5) is 34.9. The van der Waals surface area contributed by atoms with Gasteiger partial charge in [-0.25, -0.2) is 4.39 Å². The number of carbonyl (C=O) groups is 2. The lowest BCUT2D eigenvalue weighted by Gasteiger charge is -2.07. The zero-order valence-corrected chi connectivity index (χ0v) is 18.0. The molecule has 0 unspecified atom stereocenters. The van der Waals surface area contributed by atoms with Crippen molar-refractivity contribution in [3.05, 3.63) is 69.8 Å². The van der Waals surface area contributed by atoms with Gasteiger partial charge >= 0.3 is 0 Å². The number of aromatic nitrogens is 3. The van der Waals surface area contributed by atoms with Crippen molar-refractivity contribution in [2.45, 2.75) is 18.5 Å². The van der Waals surface area contributed by atoms with E-state index in [2.05, 4.69) is 20.8 Å². The van der Waals surface area contributed by atoms with Crippen LogP contribution >= 0.6 is 11.8 Å². The summed E-state index contributed by atoms with van der Waals surface area (Å²) in [6.07, 6.45) is -0.127. The largest absolute Gasteiger partial charge is 0.325 e. The van der Waals surface area contributed by atoms with E-state index in [1.54, 1.807) is 36.7 Å². The number of rotatable bonds is 8. The molecule has 1 heterocycles. The van der Waals surface area contributed by atoms with Crippen LogP contribution in [-0.4, -0.2) is 37.3 Å². The maximum absolute atomic E-state index is 13.7. The predicted octanol–water partition coefficient (Wildman–Crippen LogP) is 3.08. The Hall–Kier alpha value is -3.80. The average Bonchev–Trinajstić information content (AvgIpc) is 3.08. The molecule has 2 N–H and O–H groups in total. The maximum atomic E-state index is 13.7. The quantitative estimate of drug-likeness (QED) is 0.301. The molecule has 0 aliphatic heterocycles. The van der Waals surface area contributed by atoms with E-state index in [0.717, 1.165) is 11.8 Å². The van der Waals surface area contributed by atoms with Crippen LogP contribution in [0.2, 0.25) is 0 Å². The number of aryl methyl sites for hydroxylation is 1. The van der Waals surface area contributed by atoms with Gasteiger partial charge in [-0.2, -0.15) is 0 Å². The summed E-state index contributed by atoms with van der Waals surface area (Å²) < 4.78 is 15.2. The summed E-state index contributed by atoms with van der Waals surface area (Å²) in [6.45, 7) is 1.61. The first-order chi connectivity index (χ1) is 15.2. The highest BCUT2D eigenvalue weighted by Gasteiger charge is 2.16. The Morgan fingerprint density at radius 1 is 1.16 bits per heavy atom. The van der Waals surface area contributed by atoms with Crippen LogP contribution in [0, 0.1) is 22.9 Å². The predicted molar refractivity (Wildman–Crippen MR) is 117 cm³/mol. The lowest BCUT2D eigenvalue weighted by atomic mass is 10.2. The molecule has 0 saturated heterocycles. The van der Waals surface area contributed by atoms with E-state index in [0.29, 0.717) is 22.2 Å². The Morgan fingerprint density at radius 3 is 2.62 bits per heavy atom. The number of para-hydroxylation sites is 1. The van der Waals surface area contributed by atoms with Crippen LogP contribution in [0.25, 0.3) is 0 Å². The van der Waals surface area contributed by atoms with Gasteiger partial charge in [-0.3, -0.25) is 19.7 Å². The van der Waals surface area contributed by atoms with Crippen molar-refractivity contribution in [2.75, 3.05) is 16.4 Å². The minimum atomic E-state index is -0.542. The van der Waals surface area contributed by atoms with E-state index in [1.165, 1.54) is 24.3 Å². The van der Waals surface area contributed by atoms with Gasteiger partial charge in [-0.15, -0.1) is 10.2 Å². The van der Waals surface area contributed by atoms with E-state index in [4.69, 9.17) is 0 Å². The summed E-state index contributed by atoms with van der Waals surface area (Å²) in [6, 6.07) is 10.3. The number of nitro groups is 1. The zero-order chi connectivity index (χ0) is 23.3. The fraction of sp³-hybridized carbons (Fsp3) is 0.200. The summed E-state index contributed by atoms with van der Waals surface area (Å²) >= 11 is 1.09. The Balaban J connectivity index is 1.56. The molecular formula is C20H19FN6O4S. The summed E-state index contributed by atoms with van der Waals surface area (Å²) in [5.74, 6) is -1.05. The zero-order valence-electron chi connectivity index (χ0n) is 17.2. The molecule has 3 rings (SSSR count). The smallest absolute Gasteiger partial charge is 0.274 e. The maximum Gasteiger partial charge on any atom is 0.274 e. The second-order valence-electron chi connectivity index (χ2n) is 6.76. The number of hydrogen-bond donors (Lipinski definition) is 2. The lowest BCUT2D eigenvalue weighted by Crippen LogP contribution is -2.18. The third-order valence-electron chi connectivity index (χ3n) is 4.41. The number of halogens is 1. The molecule has 3 aromatic rings. The Morgan fingerprint density at radius 2 is 1.91 bits per heavy atom. The molecule has 0 aliphatic carbocycles. The molecule has 10 nitrogen and oxygen atoms in total. The Bertz CT molecular complexity index is 1180. The van der Waals surface area contributed by atoms with Crippen molar-refractivity contribution in [3.8, 4) is 0 Å². The third-order valence-corrected chi connectivity index (χ3v) is 5.43. The molecule has 0 radical (unpaired) electrons. The lowest BCUT2D eigenvalue weighted by molar-refractivity contribution is -0.385. The Labute approximate surface area is 186 Å². The second kappa shape index (κ2) is 10.0. The first kappa shape index (κ1) is 22.9. The van der Waals surface area contributed by atoms with Crippen molar-refractivity contribution in [1.82, 2.24) is 14.8 Å². The van der Waals surface area contributed by atoms with Crippen molar-refractivity contribution in [2.24, 2.45) is 7.05 Å². The molecule has 166 valence electrons. The third kappa shape index (κ3) is 5.66. The van der Waals surface area contributed by atoms with Gasteiger partial charge in [0.1, 0.15) is 11.6 Å². The van der Waals surface area contributed by atoms with E-state index < -0.39 is 16.6 Å². The van der Waals surface area contributed by atoms with Crippen LogP contribution < -0.4 is 10.6 Å². The number of hydrogen-bond acceptors (Lipinski definition) is 7. The highest BCUT2D eigenvalue weighted by Crippen LogP contribution is 2.23. The van der Waals surface area contributed by atoms with Crippen LogP contribution in [0.5, 0.6) is 0 Å². The number of benzene rings is 2. The van der Waals surface area contributed by atoms with Gasteiger partial charge < -0.3 is 15.2 Å². The number of nitrogens with one attached hydrogen (secondary N) is 2. The molecule has 0 saturated carbocycles. The molecule has 1 aromatic heterocycles. The summed E-state index contributed by atoms with van der Waals surface area (Å²) in [5, 5.41) is 24.4. The van der Waals surface area contributed by atoms with Crippen molar-refractivity contribution < 1.29 is 18.9 Å². The fourth-order valence-electron chi connectivity index (χ4n) is 2.74. The number of amides is 2. The van der Waals surface area contributed by atoms with E-state index in [-0.39, 0.29) is 29.5 Å². The monoisotopic (exact) mass is 458 g/mol. The minimum absolute atomic E-state index is 0.0188. The molecule has 0 bridgehead atoms. The van der Waals surface area contributed by atoms with Gasteiger partial charge in [0.15, 0.2) is 5.16 Å². The Kier molecular flexibility index (Phi) is 7.15. The molecule has 0 atom stereocenters. The van der Waals surface area contributed by atoms with Gasteiger partial charge in [0.2, 0.25) is 11.8 Å². The fourth-order valence-corrected chi connectivity index (χ4v) is 3.47. The van der Waals surface area contributed by atoms with Crippen molar-refractivity contribution >= 4 is 40.6 Å². The van der Waals surface area contributed by atoms with E-state index in [1.807, 2.05) is 0 Å². The number of nitro benzene ring substituents is 1. The van der Waals surface area contributed by atoms with Gasteiger partial charge in [-0.1, -0.05) is 30.0 Å². The first-order valence-electron chi connectivity index (χ1n) is 9.35. The van der Waals surface area contributed by atoms with Crippen LogP contribution in [0.1, 0.15) is 11.4 Å². The van der Waals surface area contributed by atoms with Crippen LogP contribution in [-0.2, 0) is 23.1 Å². The van der Waals surface area contributed by atoms with Gasteiger partial charge in [0, 0.05) is 24.4 Å². The van der Waals surface area contributed by atoms with Crippen LogP contribution in [0.4, 0.5) is 21.5 Å². The topological polar surface area (TPSA) is 132 Å². The standard InChI is InChI=1S/C20H19FN6O4S/c1-12-7-8-13(9-16(12)27(30)31)22-19(29)11-32-20-25-24-17(26(20)2)10-18(28)23-15-6-4-3-5-14(15)21/h3-9H,10-11H2,1-2H3,(H,22,29)(H,23,28). The molecular weight excluding hydrogens is 439 g/mol. The first-order valence-corrected chi connectivity index (χ1v) is 10.3. The number of nitrogens with zero attached hydrogens (tertiary/aromatic N) is 4. The number of anilines is 2. The summed E-state index contributed by atoms with van der Waals surface area (Å²) in [7, 11) is 1.65. The SMILES string of the molecule is Cc1ccc(NC(=O)CSc2nnc(CC(=O)Nc3ccccc3F)n2C)cc1[N+](=O)[O-]. The molecule has 2 amide bonds. The number of thioether (sulfide) groups is 1. The van der Waals surface area contributed by atoms with Gasteiger partial charge in [-0.05, 0) is 25.1 Å². The van der Waals surface area contributed by atoms with Crippen LogP contribution in [0.15, 0.2) is 47.6 Å². The van der Waals surface area contributed by atoms with Crippen molar-refractivity contribution in [3.63, 3.8) is 0 Å². The molecule has 12 heteroatoms. The number of carbonyl (C=O) groups excluding carboxylic acids is 2. The summed E-state index contributed by atoms with van der Waals surface area (Å²) in [5.41, 5.74) is 0.800. The van der Waals surface area contributed by atoms with Gasteiger partial charge in [0.05, 0.1) is 22.8 Å². The highest BCUT2D eigenvalue weighted by molar-refractivity contribution is 7.99. The normalized spacial score (nSPS) is 10.6. The molecule has 2 aromatic carbocycles. The van der Waals surface area contributed by atoms with Gasteiger partial charge in [0.25, 0.3) is 5.69 Å². The highest BCUT2D eigenvalue weighted by atomic mass is 32.2. The molecule has 32 heavy (non-hydrogen) atoms.